The smallest absolute Gasteiger partial charge is 0.410 e. The van der Waals surface area contributed by atoms with Crippen molar-refractivity contribution in [3.8, 4) is 0 Å². The fourth-order valence-corrected chi connectivity index (χ4v) is 9.92. The molecule has 0 aliphatic rings. The molecular weight excluding hydrogens is 797 g/mol. The summed E-state index contributed by atoms with van der Waals surface area (Å²) in [7, 11) is -8.43. The number of amides is 1. The van der Waals surface area contributed by atoms with Gasteiger partial charge in [-0.15, -0.1) is 13.2 Å². The summed E-state index contributed by atoms with van der Waals surface area (Å²) in [6.07, 6.45) is 4.64. The van der Waals surface area contributed by atoms with Crippen LogP contribution in [-0.4, -0.2) is 70.9 Å². The van der Waals surface area contributed by atoms with E-state index in [0.29, 0.717) is 12.1 Å². The Hall–Kier alpha value is -2.49. The molecule has 3 rings (SSSR count). The van der Waals surface area contributed by atoms with Gasteiger partial charge in [0, 0.05) is 28.5 Å². The van der Waals surface area contributed by atoms with Crippen LogP contribution in [0.3, 0.4) is 0 Å². The van der Waals surface area contributed by atoms with Gasteiger partial charge in [-0.05, 0) is 100 Å². The van der Waals surface area contributed by atoms with Crippen LogP contribution in [0.1, 0.15) is 73.4 Å². The summed E-state index contributed by atoms with van der Waals surface area (Å²) in [4.78, 5) is 16.2. The molecule has 54 heavy (non-hydrogen) atoms. The van der Waals surface area contributed by atoms with E-state index < -0.39 is 44.4 Å². The zero-order chi connectivity index (χ0) is 41.2. The largest absolute Gasteiger partial charge is 0.444 e. The first-order chi connectivity index (χ1) is 24.6. The molecule has 0 aliphatic heterocycles. The first-order valence-corrected chi connectivity index (χ1v) is 26.8. The number of rotatable bonds is 15. The minimum atomic E-state index is -3.95. The van der Waals surface area contributed by atoms with E-state index in [9.17, 15) is 13.2 Å². The average Bonchev–Trinajstić information content (AvgIpc) is 3.41. The minimum absolute atomic E-state index is 0.00489. The van der Waals surface area contributed by atoms with E-state index in [0.717, 1.165) is 21.0 Å². The van der Waals surface area contributed by atoms with Crippen LogP contribution in [-0.2, 0) is 30.0 Å². The molecule has 1 amide bonds. The van der Waals surface area contributed by atoms with Crippen molar-refractivity contribution in [2.24, 2.45) is 5.92 Å². The molecule has 300 valence electrons. The first kappa shape index (κ1) is 45.9. The lowest BCUT2D eigenvalue weighted by atomic mass is 9.99. The SMILES string of the molecule is C=C[C@H](CN(C(=O)OC(C)(C)C)[C@@H](C=C)Cc1cn(S(=O)(=O)c2ccc(C)cc2)c2cccc(Br)c12)[C@@H](CO[Si](C)(C)C(C)(C)C)O[Si](C)(C)C(C)(C)C. The standard InChI is InChI=1S/C42H65BrN2O6SSi2/c1-17-31(37(51-54(15,16)42(10,11)12)29-49-53(13,14)41(7,8)9)27-44(39(46)50-40(4,5)6)33(18-2)26-32-28-45(36-21-19-20-35(43)38(32)36)52(47,48)34-24-22-30(3)23-25-34/h17-25,28,31,33,37H,1-2,26-27,29H2,3-16H3/t31-,33+,37-/m1/s1. The molecule has 2 aromatic carbocycles. The normalized spacial score (nSPS) is 15.1. The topological polar surface area (TPSA) is 87.1 Å². The molecule has 0 saturated heterocycles. The molecule has 3 aromatic rings. The number of aromatic nitrogens is 1. The maximum Gasteiger partial charge on any atom is 0.410 e. The van der Waals surface area contributed by atoms with Gasteiger partial charge in [-0.2, -0.15) is 0 Å². The number of halogens is 1. The van der Waals surface area contributed by atoms with Gasteiger partial charge in [0.25, 0.3) is 10.0 Å². The number of aryl methyl sites for hydroxylation is 1. The Labute approximate surface area is 336 Å². The highest BCUT2D eigenvalue weighted by Gasteiger charge is 2.44. The Balaban J connectivity index is 2.16. The van der Waals surface area contributed by atoms with Gasteiger partial charge in [0.2, 0.25) is 0 Å². The van der Waals surface area contributed by atoms with E-state index in [4.69, 9.17) is 13.6 Å². The molecule has 0 N–H and O–H groups in total. The van der Waals surface area contributed by atoms with Crippen LogP contribution in [0.4, 0.5) is 4.79 Å². The molecule has 0 spiro atoms. The quantitative estimate of drug-likeness (QED) is 0.112. The summed E-state index contributed by atoms with van der Waals surface area (Å²) in [5.41, 5.74) is 1.46. The molecule has 8 nitrogen and oxygen atoms in total. The van der Waals surface area contributed by atoms with Gasteiger partial charge in [-0.25, -0.2) is 17.2 Å². The summed E-state index contributed by atoms with van der Waals surface area (Å²) in [6.45, 7) is 38.6. The Kier molecular flexibility index (Phi) is 14.4. The second-order valence-electron chi connectivity index (χ2n) is 18.4. The van der Waals surface area contributed by atoms with Gasteiger partial charge in [0.05, 0.1) is 29.2 Å². The van der Waals surface area contributed by atoms with Gasteiger partial charge < -0.3 is 18.5 Å². The van der Waals surface area contributed by atoms with Crippen molar-refractivity contribution in [3.05, 3.63) is 89.6 Å². The van der Waals surface area contributed by atoms with Crippen molar-refractivity contribution in [2.45, 2.75) is 135 Å². The lowest BCUT2D eigenvalue weighted by Gasteiger charge is -2.44. The summed E-state index contributed by atoms with van der Waals surface area (Å²) < 4.78 is 50.2. The maximum absolute atomic E-state index is 14.3. The molecule has 0 fully saturated rings. The number of ether oxygens (including phenoxy) is 1. The third-order valence-corrected chi connectivity index (χ3v) is 22.3. The number of carbonyl (C=O) groups is 1. The van der Waals surface area contributed by atoms with Crippen molar-refractivity contribution < 1.29 is 26.8 Å². The van der Waals surface area contributed by atoms with Crippen LogP contribution < -0.4 is 0 Å². The fraction of sp³-hybridized carbons (Fsp3) is 0.548. The predicted octanol–water partition coefficient (Wildman–Crippen LogP) is 11.5. The zero-order valence-corrected chi connectivity index (χ0v) is 39.6. The van der Waals surface area contributed by atoms with E-state index in [1.54, 1.807) is 47.5 Å². The highest BCUT2D eigenvalue weighted by atomic mass is 79.9. The highest BCUT2D eigenvalue weighted by Crippen LogP contribution is 2.41. The molecular formula is C42H65BrN2O6SSi2. The fourth-order valence-electron chi connectivity index (χ4n) is 5.56. The molecule has 1 heterocycles. The van der Waals surface area contributed by atoms with Crippen molar-refractivity contribution in [1.82, 2.24) is 8.87 Å². The van der Waals surface area contributed by atoms with Gasteiger partial charge >= 0.3 is 6.09 Å². The Morgan fingerprint density at radius 1 is 0.907 bits per heavy atom. The van der Waals surface area contributed by atoms with E-state index in [1.807, 2.05) is 45.9 Å². The van der Waals surface area contributed by atoms with Crippen LogP contribution in [0, 0.1) is 12.8 Å². The van der Waals surface area contributed by atoms with E-state index in [-0.39, 0.29) is 40.0 Å². The Bertz CT molecular complexity index is 1900. The van der Waals surface area contributed by atoms with Gasteiger partial charge in [0.1, 0.15) is 5.60 Å². The number of hydrogen-bond acceptors (Lipinski definition) is 6. The Morgan fingerprint density at radius 3 is 1.98 bits per heavy atom. The Morgan fingerprint density at radius 2 is 1.48 bits per heavy atom. The zero-order valence-electron chi connectivity index (χ0n) is 35.2. The molecule has 3 atom stereocenters. The second kappa shape index (κ2) is 16.9. The maximum atomic E-state index is 14.3. The first-order valence-electron chi connectivity index (χ1n) is 18.7. The summed E-state index contributed by atoms with van der Waals surface area (Å²) in [6, 6.07) is 11.7. The average molecular weight is 862 g/mol. The van der Waals surface area contributed by atoms with Crippen molar-refractivity contribution in [2.75, 3.05) is 13.2 Å². The van der Waals surface area contributed by atoms with E-state index in [1.165, 1.54) is 3.97 Å². The number of benzene rings is 2. The minimum Gasteiger partial charge on any atom is -0.444 e. The van der Waals surface area contributed by atoms with Gasteiger partial charge in [-0.1, -0.05) is 93.4 Å². The summed E-state index contributed by atoms with van der Waals surface area (Å²) in [5, 5.41) is 0.671. The lowest BCUT2D eigenvalue weighted by molar-refractivity contribution is 0.00857. The lowest BCUT2D eigenvalue weighted by Crippen LogP contribution is -2.52. The van der Waals surface area contributed by atoms with E-state index in [2.05, 4.69) is 96.8 Å². The second-order valence-corrected chi connectivity index (χ2v) is 30.7. The number of nitrogens with zero attached hydrogens (tertiary/aromatic N) is 2. The van der Waals surface area contributed by atoms with Crippen LogP contribution >= 0.6 is 15.9 Å². The van der Waals surface area contributed by atoms with Crippen molar-refractivity contribution in [3.63, 3.8) is 0 Å². The molecule has 0 bridgehead atoms. The molecule has 12 heteroatoms. The summed E-state index contributed by atoms with van der Waals surface area (Å²) in [5.74, 6) is -0.325. The van der Waals surface area contributed by atoms with Crippen LogP contribution in [0.5, 0.6) is 0 Å². The molecule has 1 aromatic heterocycles. The van der Waals surface area contributed by atoms with Crippen LogP contribution in [0.25, 0.3) is 10.9 Å². The predicted molar refractivity (Wildman–Crippen MR) is 233 cm³/mol. The van der Waals surface area contributed by atoms with Gasteiger partial charge in [-0.3, -0.25) is 0 Å². The molecule has 0 unspecified atom stereocenters. The number of hydrogen-bond donors (Lipinski definition) is 0. The molecule has 0 radical (unpaired) electrons. The summed E-state index contributed by atoms with van der Waals surface area (Å²) >= 11 is 3.70. The van der Waals surface area contributed by atoms with Crippen molar-refractivity contribution in [1.29, 1.82) is 0 Å². The van der Waals surface area contributed by atoms with Crippen LogP contribution in [0.15, 0.2) is 83.3 Å². The monoisotopic (exact) mass is 860 g/mol. The molecule has 0 aliphatic carbocycles. The highest BCUT2D eigenvalue weighted by molar-refractivity contribution is 9.10. The molecule has 0 saturated carbocycles. The third kappa shape index (κ3) is 10.9. The van der Waals surface area contributed by atoms with Gasteiger partial charge in [0.15, 0.2) is 16.6 Å². The van der Waals surface area contributed by atoms with Crippen LogP contribution in [0.2, 0.25) is 36.3 Å². The number of fused-ring (bicyclic) bond motifs is 1. The number of carbonyl (C=O) groups excluding carboxylic acids is 1. The van der Waals surface area contributed by atoms with Crippen molar-refractivity contribution >= 4 is 59.6 Å². The van der Waals surface area contributed by atoms with E-state index >= 15 is 0 Å². The third-order valence-electron chi connectivity index (χ3n) is 11.0.